The predicted molar refractivity (Wildman–Crippen MR) is 141 cm³/mol. The Morgan fingerprint density at radius 3 is 2.57 bits per heavy atom. The molecule has 0 fully saturated rings. The van der Waals surface area contributed by atoms with Gasteiger partial charge in [-0.15, -0.1) is 0 Å². The summed E-state index contributed by atoms with van der Waals surface area (Å²) < 4.78 is 5.72. The number of hydrogen-bond acceptors (Lipinski definition) is 6. The van der Waals surface area contributed by atoms with Crippen LogP contribution in [0.15, 0.2) is 82.0 Å². The van der Waals surface area contributed by atoms with Crippen LogP contribution in [0.5, 0.6) is 0 Å². The van der Waals surface area contributed by atoms with Crippen LogP contribution in [0.25, 0.3) is 0 Å². The normalized spacial score (nSPS) is 17.2. The van der Waals surface area contributed by atoms with E-state index >= 15 is 0 Å². The summed E-state index contributed by atoms with van der Waals surface area (Å²) in [5.74, 6) is -0.186. The minimum absolute atomic E-state index is 0.0795. The van der Waals surface area contributed by atoms with Crippen molar-refractivity contribution < 1.29 is 14.3 Å². The number of nitrogens with zero attached hydrogens (tertiary/aromatic N) is 2. The van der Waals surface area contributed by atoms with Crippen molar-refractivity contribution in [2.75, 3.05) is 6.54 Å². The number of nitrogens with one attached hydrogen (secondary N) is 1. The van der Waals surface area contributed by atoms with E-state index in [9.17, 15) is 9.59 Å². The van der Waals surface area contributed by atoms with Crippen LogP contribution in [-0.4, -0.2) is 28.5 Å². The van der Waals surface area contributed by atoms with E-state index in [0.29, 0.717) is 33.9 Å². The number of amidine groups is 1. The highest BCUT2D eigenvalue weighted by molar-refractivity contribution is 8.16. The summed E-state index contributed by atoms with van der Waals surface area (Å²) in [7, 11) is 0. The standard InChI is InChI=1S/C27H28ClN3O3S/c1-17(2)14-29-23(32)13-20-16-35-27-30-18(3)24(26(33)34-15-19-9-5-4-6-10-19)25(31(20)27)21-11-7-8-12-22(21)28/h4-12,16-17,25H,13-15H2,1-3H3,(H,29,32)/t25-/m0/s1. The minimum atomic E-state index is -0.557. The molecule has 35 heavy (non-hydrogen) atoms. The topological polar surface area (TPSA) is 71.0 Å². The molecule has 2 aromatic carbocycles. The van der Waals surface area contributed by atoms with Gasteiger partial charge in [0.15, 0.2) is 5.17 Å². The molecule has 0 aromatic heterocycles. The molecule has 0 spiro atoms. The molecule has 8 heteroatoms. The van der Waals surface area contributed by atoms with E-state index in [1.54, 1.807) is 13.0 Å². The van der Waals surface area contributed by atoms with E-state index in [1.807, 2.05) is 58.8 Å². The Bertz CT molecular complexity index is 1210. The zero-order valence-electron chi connectivity index (χ0n) is 20.0. The molecular weight excluding hydrogens is 482 g/mol. The lowest BCUT2D eigenvalue weighted by atomic mass is 9.93. The number of amides is 1. The molecule has 4 rings (SSSR count). The first-order valence-corrected chi connectivity index (χ1v) is 12.8. The molecule has 182 valence electrons. The van der Waals surface area contributed by atoms with Crippen molar-refractivity contribution in [1.82, 2.24) is 10.2 Å². The summed E-state index contributed by atoms with van der Waals surface area (Å²) in [6.07, 6.45) is 0.172. The van der Waals surface area contributed by atoms with Crippen molar-refractivity contribution in [1.29, 1.82) is 0 Å². The molecule has 2 aliphatic heterocycles. The van der Waals surface area contributed by atoms with Crippen LogP contribution in [0.1, 0.15) is 44.4 Å². The lowest BCUT2D eigenvalue weighted by Crippen LogP contribution is -2.38. The molecule has 0 radical (unpaired) electrons. The van der Waals surface area contributed by atoms with E-state index in [1.165, 1.54) is 11.8 Å². The van der Waals surface area contributed by atoms with E-state index in [0.717, 1.165) is 16.8 Å². The highest BCUT2D eigenvalue weighted by Gasteiger charge is 2.41. The van der Waals surface area contributed by atoms with Crippen molar-refractivity contribution >= 4 is 40.4 Å². The Balaban J connectivity index is 1.66. The van der Waals surface area contributed by atoms with Gasteiger partial charge in [-0.1, -0.05) is 85.7 Å². The second-order valence-electron chi connectivity index (χ2n) is 8.85. The van der Waals surface area contributed by atoms with Gasteiger partial charge in [0.2, 0.25) is 5.91 Å². The second kappa shape index (κ2) is 11.1. The number of carbonyl (C=O) groups is 2. The van der Waals surface area contributed by atoms with E-state index < -0.39 is 12.0 Å². The number of carbonyl (C=O) groups excluding carboxylic acids is 2. The van der Waals surface area contributed by atoms with Crippen LogP contribution in [0, 0.1) is 5.92 Å². The first kappa shape index (κ1) is 25.1. The zero-order chi connectivity index (χ0) is 24.9. The number of hydrogen-bond donors (Lipinski definition) is 1. The van der Waals surface area contributed by atoms with Gasteiger partial charge in [-0.2, -0.15) is 0 Å². The van der Waals surface area contributed by atoms with Crippen molar-refractivity contribution in [3.05, 3.63) is 93.1 Å². The zero-order valence-corrected chi connectivity index (χ0v) is 21.5. The summed E-state index contributed by atoms with van der Waals surface area (Å²) in [4.78, 5) is 32.8. The number of allylic oxidation sites excluding steroid dienone is 1. The van der Waals surface area contributed by atoms with Crippen LogP contribution in [0.4, 0.5) is 0 Å². The first-order valence-electron chi connectivity index (χ1n) is 11.5. The highest BCUT2D eigenvalue weighted by atomic mass is 35.5. The monoisotopic (exact) mass is 509 g/mol. The number of rotatable bonds is 8. The van der Waals surface area contributed by atoms with Crippen molar-refractivity contribution in [3.63, 3.8) is 0 Å². The molecule has 0 aliphatic carbocycles. The molecule has 1 N–H and O–H groups in total. The number of esters is 1. The van der Waals surface area contributed by atoms with Gasteiger partial charge >= 0.3 is 5.97 Å². The number of thioether (sulfide) groups is 1. The van der Waals surface area contributed by atoms with Gasteiger partial charge in [0.05, 0.1) is 23.7 Å². The summed E-state index contributed by atoms with van der Waals surface area (Å²) in [5, 5.41) is 6.12. The Hall–Kier alpha value is -3.03. The molecule has 0 saturated heterocycles. The maximum atomic E-state index is 13.4. The fourth-order valence-electron chi connectivity index (χ4n) is 3.97. The molecular formula is C27H28ClN3O3S. The van der Waals surface area contributed by atoms with E-state index in [2.05, 4.69) is 19.2 Å². The maximum Gasteiger partial charge on any atom is 0.338 e. The molecule has 0 saturated carbocycles. The highest BCUT2D eigenvalue weighted by Crippen LogP contribution is 2.46. The number of fused-ring (bicyclic) bond motifs is 1. The fourth-order valence-corrected chi connectivity index (χ4v) is 5.17. The molecule has 2 heterocycles. The molecule has 6 nitrogen and oxygen atoms in total. The quantitative estimate of drug-likeness (QED) is 0.454. The Kier molecular flexibility index (Phi) is 7.98. The maximum absolute atomic E-state index is 13.4. The number of aliphatic imine (C=N–C) groups is 1. The van der Waals surface area contributed by atoms with Crippen molar-refractivity contribution in [2.24, 2.45) is 10.9 Å². The third-order valence-electron chi connectivity index (χ3n) is 5.68. The van der Waals surface area contributed by atoms with Gasteiger partial charge < -0.3 is 15.0 Å². The second-order valence-corrected chi connectivity index (χ2v) is 10.1. The summed E-state index contributed by atoms with van der Waals surface area (Å²) in [6, 6.07) is 16.4. The average Bonchev–Trinajstić information content (AvgIpc) is 3.23. The lowest BCUT2D eigenvalue weighted by molar-refractivity contribution is -0.141. The smallest absolute Gasteiger partial charge is 0.338 e. The van der Waals surface area contributed by atoms with Gasteiger partial charge in [0.1, 0.15) is 6.61 Å². The molecule has 2 aliphatic rings. The van der Waals surface area contributed by atoms with Gasteiger partial charge in [-0.05, 0) is 35.4 Å². The van der Waals surface area contributed by atoms with Crippen molar-refractivity contribution in [2.45, 2.75) is 39.8 Å². The molecule has 0 unspecified atom stereocenters. The molecule has 1 amide bonds. The number of ether oxygens (including phenoxy) is 1. The van der Waals surface area contributed by atoms with Crippen LogP contribution in [-0.2, 0) is 20.9 Å². The third-order valence-corrected chi connectivity index (χ3v) is 6.92. The average molecular weight is 510 g/mol. The first-order chi connectivity index (χ1) is 16.8. The summed E-state index contributed by atoms with van der Waals surface area (Å²) in [6.45, 7) is 6.66. The molecule has 2 aromatic rings. The largest absolute Gasteiger partial charge is 0.457 e. The van der Waals surface area contributed by atoms with Gasteiger partial charge in [-0.25, -0.2) is 9.79 Å². The lowest BCUT2D eigenvalue weighted by Gasteiger charge is -2.36. The summed E-state index contributed by atoms with van der Waals surface area (Å²) in [5.41, 5.74) is 3.40. The Morgan fingerprint density at radius 1 is 1.14 bits per heavy atom. The van der Waals surface area contributed by atoms with Crippen LogP contribution < -0.4 is 5.32 Å². The molecule has 1 atom stereocenters. The predicted octanol–water partition coefficient (Wildman–Crippen LogP) is 5.82. The molecule has 0 bridgehead atoms. The third kappa shape index (κ3) is 5.80. The SMILES string of the molecule is CC1=C(C(=O)OCc2ccccc2)[C@H](c2ccccc2Cl)N2C(CC(=O)NCC(C)C)=CSC2=N1. The van der Waals surface area contributed by atoms with Crippen LogP contribution >= 0.6 is 23.4 Å². The van der Waals surface area contributed by atoms with Gasteiger partial charge in [0.25, 0.3) is 0 Å². The Morgan fingerprint density at radius 2 is 1.86 bits per heavy atom. The number of halogens is 1. The van der Waals surface area contributed by atoms with Crippen molar-refractivity contribution in [3.8, 4) is 0 Å². The fraction of sp³-hybridized carbons (Fsp3) is 0.296. The van der Waals surface area contributed by atoms with Gasteiger partial charge in [-0.3, -0.25) is 4.79 Å². The van der Waals surface area contributed by atoms with E-state index in [-0.39, 0.29) is 18.9 Å². The Labute approximate surface area is 215 Å². The number of benzene rings is 2. The van der Waals surface area contributed by atoms with Crippen LogP contribution in [0.3, 0.4) is 0 Å². The minimum Gasteiger partial charge on any atom is -0.457 e. The van der Waals surface area contributed by atoms with Crippen LogP contribution in [0.2, 0.25) is 5.02 Å². The van der Waals surface area contributed by atoms with E-state index in [4.69, 9.17) is 21.3 Å². The van der Waals surface area contributed by atoms with Gasteiger partial charge in [0, 0.05) is 17.3 Å². The summed E-state index contributed by atoms with van der Waals surface area (Å²) >= 11 is 8.07.